The van der Waals surface area contributed by atoms with Crippen molar-refractivity contribution in [3.63, 3.8) is 0 Å². The molecule has 0 amide bonds. The van der Waals surface area contributed by atoms with Gasteiger partial charge in [0, 0.05) is 24.8 Å². The van der Waals surface area contributed by atoms with Crippen LogP contribution in [0.3, 0.4) is 0 Å². The van der Waals surface area contributed by atoms with Gasteiger partial charge in [-0.1, -0.05) is 0 Å². The fourth-order valence-electron chi connectivity index (χ4n) is 3.26. The molecule has 7 heteroatoms. The molecule has 1 aliphatic heterocycles. The molecule has 0 spiro atoms. The molecule has 0 radical (unpaired) electrons. The van der Waals surface area contributed by atoms with Crippen LogP contribution in [0.4, 0.5) is 5.82 Å². The fraction of sp³-hybridized carbons (Fsp3) is 0.600. The Balaban J connectivity index is 2.12. The molecule has 5 nitrogen and oxygen atoms in total. The number of aliphatic hydroxyl groups is 1. The van der Waals surface area contributed by atoms with Gasteiger partial charge in [-0.3, -0.25) is 0 Å². The van der Waals surface area contributed by atoms with Crippen molar-refractivity contribution >= 4 is 39.2 Å². The second-order valence-corrected chi connectivity index (χ2v) is 7.30. The summed E-state index contributed by atoms with van der Waals surface area (Å²) < 4.78 is 2.82. The first-order chi connectivity index (χ1) is 10.7. The zero-order valence-electron chi connectivity index (χ0n) is 12.9. The highest BCUT2D eigenvalue weighted by Gasteiger charge is 2.26. The van der Waals surface area contributed by atoms with Crippen LogP contribution in [0.1, 0.15) is 31.2 Å². The van der Waals surface area contributed by atoms with Gasteiger partial charge < -0.3 is 10.0 Å². The maximum absolute atomic E-state index is 9.36. The predicted octanol–water partition coefficient (Wildman–Crippen LogP) is 3.26. The molecule has 120 valence electrons. The van der Waals surface area contributed by atoms with E-state index in [0.29, 0.717) is 6.04 Å². The molecular weight excluding hydrogens is 364 g/mol. The summed E-state index contributed by atoms with van der Waals surface area (Å²) >= 11 is 5.24. The first-order valence-electron chi connectivity index (χ1n) is 7.62. The van der Waals surface area contributed by atoms with Gasteiger partial charge in [0.05, 0.1) is 10.7 Å². The van der Waals surface area contributed by atoms with Crippen molar-refractivity contribution in [2.24, 2.45) is 0 Å². The zero-order chi connectivity index (χ0) is 15.7. The summed E-state index contributed by atoms with van der Waals surface area (Å²) in [4.78, 5) is 7.27. The van der Waals surface area contributed by atoms with Crippen LogP contribution in [0.15, 0.2) is 15.7 Å². The van der Waals surface area contributed by atoms with Crippen molar-refractivity contribution in [3.8, 4) is 0 Å². The lowest BCUT2D eigenvalue weighted by Gasteiger charge is -2.37. The summed E-state index contributed by atoms with van der Waals surface area (Å²) in [5, 5.41) is 14.9. The third kappa shape index (κ3) is 2.74. The summed E-state index contributed by atoms with van der Waals surface area (Å²) in [5.74, 6) is 1.04. The Hall–Kier alpha value is -0.790. The standard InChI is InChI=1S/C15H21BrN4OS/c1-10-13(19-7-4-3-5-11(19)6-8-21)18-14-12(16)9-17-20(14)15(10)22-2/h9,11,21H,3-8H2,1-2H3/t11-/m0/s1. The Kier molecular flexibility index (Phi) is 4.94. The highest BCUT2D eigenvalue weighted by Crippen LogP contribution is 2.34. The van der Waals surface area contributed by atoms with E-state index in [1.165, 1.54) is 18.4 Å². The van der Waals surface area contributed by atoms with Gasteiger partial charge in [0.25, 0.3) is 0 Å². The van der Waals surface area contributed by atoms with Crippen LogP contribution < -0.4 is 4.90 Å². The zero-order valence-corrected chi connectivity index (χ0v) is 15.3. The number of halogens is 1. The van der Waals surface area contributed by atoms with Crippen molar-refractivity contribution in [1.82, 2.24) is 14.6 Å². The second-order valence-electron chi connectivity index (χ2n) is 5.65. The van der Waals surface area contributed by atoms with E-state index in [0.717, 1.165) is 40.4 Å². The minimum absolute atomic E-state index is 0.230. The Morgan fingerprint density at radius 2 is 2.27 bits per heavy atom. The molecule has 1 N–H and O–H groups in total. The van der Waals surface area contributed by atoms with Crippen molar-refractivity contribution in [1.29, 1.82) is 0 Å². The van der Waals surface area contributed by atoms with Gasteiger partial charge in [-0.15, -0.1) is 11.8 Å². The summed E-state index contributed by atoms with van der Waals surface area (Å²) in [6, 6.07) is 0.379. The number of anilines is 1. The van der Waals surface area contributed by atoms with Crippen LogP contribution in [-0.4, -0.2) is 45.2 Å². The van der Waals surface area contributed by atoms with E-state index in [4.69, 9.17) is 4.98 Å². The normalized spacial score (nSPS) is 19.1. The Labute approximate surface area is 143 Å². The molecule has 1 atom stereocenters. The molecule has 1 fully saturated rings. The topological polar surface area (TPSA) is 53.7 Å². The fourth-order valence-corrected chi connectivity index (χ4v) is 4.31. The lowest BCUT2D eigenvalue weighted by atomic mass is 9.99. The van der Waals surface area contributed by atoms with Crippen LogP contribution in [0.2, 0.25) is 0 Å². The average Bonchev–Trinajstić information content (AvgIpc) is 2.89. The van der Waals surface area contributed by atoms with Crippen molar-refractivity contribution in [2.45, 2.75) is 43.7 Å². The number of hydrogen-bond donors (Lipinski definition) is 1. The summed E-state index contributed by atoms with van der Waals surface area (Å²) in [7, 11) is 0. The summed E-state index contributed by atoms with van der Waals surface area (Å²) in [5.41, 5.74) is 2.03. The maximum atomic E-state index is 9.36. The number of piperidine rings is 1. The number of thioether (sulfide) groups is 1. The molecule has 3 rings (SSSR count). The minimum Gasteiger partial charge on any atom is -0.396 e. The van der Waals surface area contributed by atoms with Crippen LogP contribution in [-0.2, 0) is 0 Å². The quantitative estimate of drug-likeness (QED) is 0.647. The van der Waals surface area contributed by atoms with Crippen LogP contribution in [0.5, 0.6) is 0 Å². The van der Waals surface area contributed by atoms with Crippen molar-refractivity contribution < 1.29 is 5.11 Å². The third-order valence-electron chi connectivity index (χ3n) is 4.32. The Morgan fingerprint density at radius 1 is 1.45 bits per heavy atom. The molecule has 22 heavy (non-hydrogen) atoms. The highest BCUT2D eigenvalue weighted by molar-refractivity contribution is 9.10. The number of rotatable bonds is 4. The van der Waals surface area contributed by atoms with Gasteiger partial charge >= 0.3 is 0 Å². The number of aliphatic hydroxyl groups excluding tert-OH is 1. The maximum Gasteiger partial charge on any atom is 0.172 e. The van der Waals surface area contributed by atoms with Crippen molar-refractivity contribution in [2.75, 3.05) is 24.3 Å². The Morgan fingerprint density at radius 3 is 3.00 bits per heavy atom. The summed E-state index contributed by atoms with van der Waals surface area (Å²) in [6.45, 7) is 3.36. The molecule has 0 bridgehead atoms. The van der Waals surface area contributed by atoms with E-state index >= 15 is 0 Å². The van der Waals surface area contributed by atoms with Gasteiger partial charge in [0.15, 0.2) is 5.65 Å². The average molecular weight is 385 g/mol. The predicted molar refractivity (Wildman–Crippen MR) is 93.9 cm³/mol. The lowest BCUT2D eigenvalue weighted by molar-refractivity contribution is 0.262. The third-order valence-corrected chi connectivity index (χ3v) is 5.74. The number of hydrogen-bond acceptors (Lipinski definition) is 5. The molecule has 1 aliphatic rings. The number of aromatic nitrogens is 3. The molecule has 0 saturated carbocycles. The monoisotopic (exact) mass is 384 g/mol. The molecule has 0 aliphatic carbocycles. The number of fused-ring (bicyclic) bond motifs is 1. The molecule has 1 saturated heterocycles. The van der Waals surface area contributed by atoms with E-state index in [2.05, 4.69) is 39.1 Å². The van der Waals surface area contributed by atoms with Gasteiger partial charge in [0.2, 0.25) is 0 Å². The largest absolute Gasteiger partial charge is 0.396 e. The smallest absolute Gasteiger partial charge is 0.172 e. The summed E-state index contributed by atoms with van der Waals surface area (Å²) in [6.07, 6.45) is 8.22. The van der Waals surface area contributed by atoms with Gasteiger partial charge in [-0.2, -0.15) is 5.10 Å². The minimum atomic E-state index is 0.230. The second kappa shape index (κ2) is 6.76. The first-order valence-corrected chi connectivity index (χ1v) is 9.64. The van der Waals surface area contributed by atoms with E-state index in [9.17, 15) is 5.11 Å². The molecule has 2 aromatic rings. The molecular formula is C15H21BrN4OS. The molecule has 0 aromatic carbocycles. The molecule has 2 aromatic heterocycles. The molecule has 0 unspecified atom stereocenters. The van der Waals surface area contributed by atoms with Crippen LogP contribution in [0.25, 0.3) is 5.65 Å². The van der Waals surface area contributed by atoms with E-state index < -0.39 is 0 Å². The van der Waals surface area contributed by atoms with Crippen LogP contribution in [0, 0.1) is 6.92 Å². The SMILES string of the molecule is CSc1c(C)c(N2CCCC[C@H]2CCO)nc2c(Br)cnn12. The van der Waals surface area contributed by atoms with Crippen molar-refractivity contribution in [3.05, 3.63) is 16.2 Å². The van der Waals surface area contributed by atoms with Gasteiger partial charge in [-0.05, 0) is 54.8 Å². The highest BCUT2D eigenvalue weighted by atomic mass is 79.9. The van der Waals surface area contributed by atoms with Gasteiger partial charge in [0.1, 0.15) is 10.8 Å². The van der Waals surface area contributed by atoms with Gasteiger partial charge in [-0.25, -0.2) is 9.50 Å². The van der Waals surface area contributed by atoms with E-state index in [1.807, 2.05) is 4.52 Å². The first kappa shape index (κ1) is 16.1. The number of nitrogens with zero attached hydrogens (tertiary/aromatic N) is 4. The van der Waals surface area contributed by atoms with E-state index in [-0.39, 0.29) is 6.61 Å². The van der Waals surface area contributed by atoms with E-state index in [1.54, 1.807) is 18.0 Å². The Bertz CT molecular complexity index is 673. The van der Waals surface area contributed by atoms with Crippen LogP contribution >= 0.6 is 27.7 Å². The lowest BCUT2D eigenvalue weighted by Crippen LogP contribution is -2.41. The molecule has 3 heterocycles.